The number of allylic oxidation sites excluding steroid dienone is 1. The number of esters is 1. The Kier molecular flexibility index (Phi) is 6.76. The third-order valence-electron chi connectivity index (χ3n) is 2.21. The summed E-state index contributed by atoms with van der Waals surface area (Å²) < 4.78 is 10.4. The molecule has 1 aromatic rings. The zero-order valence-electron chi connectivity index (χ0n) is 11.4. The minimum absolute atomic E-state index is 0.217. The van der Waals surface area contributed by atoms with Gasteiger partial charge in [0.2, 0.25) is 0 Å². The summed E-state index contributed by atoms with van der Waals surface area (Å²) in [5.74, 6) is 6.23. The molecule has 0 fully saturated rings. The SMILES string of the molecule is CCOC(=O)/C=C(\C)OC(C#Cc1ccsc1)CC. The predicted octanol–water partition coefficient (Wildman–Crippen LogP) is 3.36. The Morgan fingerprint density at radius 3 is 2.89 bits per heavy atom. The van der Waals surface area contributed by atoms with Gasteiger partial charge in [-0.2, -0.15) is 11.3 Å². The van der Waals surface area contributed by atoms with E-state index >= 15 is 0 Å². The van der Waals surface area contributed by atoms with Crippen LogP contribution in [0.2, 0.25) is 0 Å². The lowest BCUT2D eigenvalue weighted by Crippen LogP contribution is -2.09. The van der Waals surface area contributed by atoms with Crippen LogP contribution in [-0.2, 0) is 14.3 Å². The van der Waals surface area contributed by atoms with E-state index in [1.807, 2.05) is 23.8 Å². The molecule has 0 spiro atoms. The van der Waals surface area contributed by atoms with Crippen molar-refractivity contribution in [3.05, 3.63) is 34.2 Å². The van der Waals surface area contributed by atoms with E-state index in [1.54, 1.807) is 25.2 Å². The van der Waals surface area contributed by atoms with Crippen LogP contribution in [0.5, 0.6) is 0 Å². The molecule has 0 aromatic carbocycles. The number of carbonyl (C=O) groups is 1. The summed E-state index contributed by atoms with van der Waals surface area (Å²) in [6.45, 7) is 5.84. The smallest absolute Gasteiger partial charge is 0.334 e. The maximum Gasteiger partial charge on any atom is 0.334 e. The average molecular weight is 278 g/mol. The van der Waals surface area contributed by atoms with Crippen molar-refractivity contribution >= 4 is 17.3 Å². The Bertz CT molecular complexity index is 477. The van der Waals surface area contributed by atoms with Crippen molar-refractivity contribution < 1.29 is 14.3 Å². The van der Waals surface area contributed by atoms with Gasteiger partial charge < -0.3 is 9.47 Å². The molecule has 1 heterocycles. The van der Waals surface area contributed by atoms with Crippen molar-refractivity contribution in [3.8, 4) is 11.8 Å². The molecular weight excluding hydrogens is 260 g/mol. The van der Waals surface area contributed by atoms with Gasteiger partial charge in [0, 0.05) is 10.9 Å². The van der Waals surface area contributed by atoms with Crippen LogP contribution in [-0.4, -0.2) is 18.7 Å². The molecule has 102 valence electrons. The Labute approximate surface area is 118 Å². The minimum atomic E-state index is -0.388. The highest BCUT2D eigenvalue weighted by atomic mass is 32.1. The summed E-state index contributed by atoms with van der Waals surface area (Å²) in [5, 5.41) is 3.97. The molecule has 1 aromatic heterocycles. The molecule has 1 atom stereocenters. The van der Waals surface area contributed by atoms with Crippen LogP contribution in [0.4, 0.5) is 0 Å². The topological polar surface area (TPSA) is 35.5 Å². The molecule has 1 rings (SSSR count). The van der Waals surface area contributed by atoms with Crippen LogP contribution in [0.1, 0.15) is 32.8 Å². The minimum Gasteiger partial charge on any atom is -0.482 e. The molecule has 0 saturated heterocycles. The summed E-state index contributed by atoms with van der Waals surface area (Å²) >= 11 is 1.61. The third-order valence-corrected chi connectivity index (χ3v) is 2.89. The zero-order valence-corrected chi connectivity index (χ0v) is 12.3. The largest absolute Gasteiger partial charge is 0.482 e. The van der Waals surface area contributed by atoms with Gasteiger partial charge in [0.05, 0.1) is 12.7 Å². The van der Waals surface area contributed by atoms with E-state index in [2.05, 4.69) is 11.8 Å². The first kappa shape index (κ1) is 15.3. The van der Waals surface area contributed by atoms with Crippen LogP contribution in [0.15, 0.2) is 28.7 Å². The Hall–Kier alpha value is -1.73. The fraction of sp³-hybridized carbons (Fsp3) is 0.400. The lowest BCUT2D eigenvalue weighted by molar-refractivity contribution is -0.137. The van der Waals surface area contributed by atoms with Gasteiger partial charge in [-0.25, -0.2) is 4.79 Å². The average Bonchev–Trinajstić information content (AvgIpc) is 2.87. The maximum atomic E-state index is 11.3. The molecule has 3 nitrogen and oxygen atoms in total. The fourth-order valence-electron chi connectivity index (χ4n) is 1.32. The fourth-order valence-corrected chi connectivity index (χ4v) is 1.91. The van der Waals surface area contributed by atoms with E-state index in [0.29, 0.717) is 12.4 Å². The predicted molar refractivity (Wildman–Crippen MR) is 76.8 cm³/mol. The van der Waals surface area contributed by atoms with Crippen molar-refractivity contribution in [2.75, 3.05) is 6.61 Å². The van der Waals surface area contributed by atoms with Crippen molar-refractivity contribution in [1.82, 2.24) is 0 Å². The summed E-state index contributed by atoms with van der Waals surface area (Å²) in [6.07, 6.45) is 1.88. The molecule has 0 amide bonds. The molecule has 0 radical (unpaired) electrons. The lowest BCUT2D eigenvalue weighted by Gasteiger charge is -2.11. The second-order valence-corrected chi connectivity index (χ2v) is 4.58. The quantitative estimate of drug-likeness (QED) is 0.358. The normalized spacial score (nSPS) is 12.3. The molecule has 0 N–H and O–H groups in total. The Morgan fingerprint density at radius 2 is 2.32 bits per heavy atom. The van der Waals surface area contributed by atoms with Crippen molar-refractivity contribution in [1.29, 1.82) is 0 Å². The summed E-state index contributed by atoms with van der Waals surface area (Å²) in [7, 11) is 0. The summed E-state index contributed by atoms with van der Waals surface area (Å²) in [5.41, 5.74) is 0.985. The van der Waals surface area contributed by atoms with E-state index in [-0.39, 0.29) is 12.1 Å². The van der Waals surface area contributed by atoms with Gasteiger partial charge in [-0.15, -0.1) is 0 Å². The van der Waals surface area contributed by atoms with Crippen LogP contribution in [0.3, 0.4) is 0 Å². The molecular formula is C15H18O3S. The zero-order chi connectivity index (χ0) is 14.1. The van der Waals surface area contributed by atoms with Crippen molar-refractivity contribution in [2.45, 2.75) is 33.3 Å². The monoisotopic (exact) mass is 278 g/mol. The van der Waals surface area contributed by atoms with Crippen LogP contribution in [0, 0.1) is 11.8 Å². The molecule has 0 saturated carbocycles. The molecule has 0 aliphatic heterocycles. The standard InChI is InChI=1S/C15H18O3S/c1-4-14(7-6-13-8-9-19-11-13)18-12(3)10-15(16)17-5-2/h8-11,14H,4-5H2,1-3H3/b12-10+. The van der Waals surface area contributed by atoms with Crippen molar-refractivity contribution in [3.63, 3.8) is 0 Å². The second-order valence-electron chi connectivity index (χ2n) is 3.80. The first-order valence-corrected chi connectivity index (χ1v) is 7.15. The van der Waals surface area contributed by atoms with E-state index in [1.165, 1.54) is 6.08 Å². The Morgan fingerprint density at radius 1 is 1.53 bits per heavy atom. The van der Waals surface area contributed by atoms with Gasteiger partial charge in [0.25, 0.3) is 0 Å². The summed E-state index contributed by atoms with van der Waals surface area (Å²) in [6, 6.07) is 1.96. The lowest BCUT2D eigenvalue weighted by atomic mass is 10.2. The number of thiophene rings is 1. The summed E-state index contributed by atoms with van der Waals surface area (Å²) in [4.78, 5) is 11.3. The second kappa shape index (κ2) is 8.39. The molecule has 0 aliphatic carbocycles. The molecule has 19 heavy (non-hydrogen) atoms. The van der Waals surface area contributed by atoms with Gasteiger partial charge in [-0.3, -0.25) is 0 Å². The van der Waals surface area contributed by atoms with E-state index in [9.17, 15) is 4.79 Å². The highest BCUT2D eigenvalue weighted by molar-refractivity contribution is 7.08. The molecule has 0 aliphatic rings. The van der Waals surface area contributed by atoms with Gasteiger partial charge in [0.1, 0.15) is 5.76 Å². The number of rotatable bonds is 5. The van der Waals surface area contributed by atoms with Gasteiger partial charge >= 0.3 is 5.97 Å². The van der Waals surface area contributed by atoms with Crippen LogP contribution in [0.25, 0.3) is 0 Å². The number of ether oxygens (including phenoxy) is 2. The third kappa shape index (κ3) is 6.12. The van der Waals surface area contributed by atoms with Crippen molar-refractivity contribution in [2.24, 2.45) is 0 Å². The van der Waals surface area contributed by atoms with E-state index < -0.39 is 0 Å². The van der Waals surface area contributed by atoms with E-state index in [0.717, 1.165) is 12.0 Å². The van der Waals surface area contributed by atoms with Gasteiger partial charge in [-0.1, -0.05) is 18.8 Å². The highest BCUT2D eigenvalue weighted by Crippen LogP contribution is 2.07. The first-order chi connectivity index (χ1) is 9.15. The van der Waals surface area contributed by atoms with Gasteiger partial charge in [0.15, 0.2) is 6.10 Å². The number of hydrogen-bond donors (Lipinski definition) is 0. The van der Waals surface area contributed by atoms with E-state index in [4.69, 9.17) is 9.47 Å². The maximum absolute atomic E-state index is 11.3. The molecule has 1 unspecified atom stereocenters. The first-order valence-electron chi connectivity index (χ1n) is 6.21. The number of hydrogen-bond acceptors (Lipinski definition) is 4. The van der Waals surface area contributed by atoms with Gasteiger partial charge in [-0.05, 0) is 31.7 Å². The molecule has 0 bridgehead atoms. The Balaban J connectivity index is 2.59. The number of carbonyl (C=O) groups excluding carboxylic acids is 1. The highest BCUT2D eigenvalue weighted by Gasteiger charge is 2.05. The molecule has 4 heteroatoms. The van der Waals surface area contributed by atoms with Crippen LogP contribution >= 0.6 is 11.3 Å². The van der Waals surface area contributed by atoms with Crippen LogP contribution < -0.4 is 0 Å².